The van der Waals surface area contributed by atoms with Crippen molar-refractivity contribution in [1.82, 2.24) is 5.32 Å². The highest BCUT2D eigenvalue weighted by Gasteiger charge is 2.30. The van der Waals surface area contributed by atoms with E-state index in [0.717, 1.165) is 11.3 Å². The van der Waals surface area contributed by atoms with Crippen LogP contribution in [0, 0.1) is 0 Å². The number of carbonyl (C=O) groups is 1. The highest BCUT2D eigenvalue weighted by Crippen LogP contribution is 2.16. The summed E-state index contributed by atoms with van der Waals surface area (Å²) < 4.78 is 0. The van der Waals surface area contributed by atoms with Gasteiger partial charge in [0.1, 0.15) is 5.60 Å². The minimum absolute atomic E-state index is 0.0388. The lowest BCUT2D eigenvalue weighted by Gasteiger charge is -2.21. The number of benzene rings is 1. The van der Waals surface area contributed by atoms with Crippen LogP contribution in [0.15, 0.2) is 35.5 Å². The Morgan fingerprint density at radius 2 is 2.20 bits per heavy atom. The molecule has 2 rings (SSSR count). The molecule has 3 N–H and O–H groups in total. The Hall–Kier alpha value is -1.92. The van der Waals surface area contributed by atoms with Crippen LogP contribution in [0.1, 0.15) is 18.9 Å². The van der Waals surface area contributed by atoms with Gasteiger partial charge in [-0.2, -0.15) is 0 Å². The lowest BCUT2D eigenvalue weighted by atomic mass is 10.0. The van der Waals surface area contributed by atoms with Gasteiger partial charge in [-0.25, -0.2) is 0 Å². The quantitative estimate of drug-likeness (QED) is 0.709. The summed E-state index contributed by atoms with van der Waals surface area (Å²) in [5.41, 5.74) is 0.307. The van der Waals surface area contributed by atoms with Gasteiger partial charge in [-0.1, -0.05) is 35.5 Å². The number of hydrogen-bond donors (Lipinski definition) is 3. The van der Waals surface area contributed by atoms with Gasteiger partial charge in [0.05, 0.1) is 12.3 Å². The van der Waals surface area contributed by atoms with Crippen LogP contribution in [-0.4, -0.2) is 46.7 Å². The third-order valence-electron chi connectivity index (χ3n) is 3.05. The minimum atomic E-state index is -1.34. The first-order valence-electron chi connectivity index (χ1n) is 6.41. The number of hydrogen-bond acceptors (Lipinski definition) is 5. The number of amides is 1. The zero-order valence-electron chi connectivity index (χ0n) is 11.2. The van der Waals surface area contributed by atoms with E-state index in [1.165, 1.54) is 6.92 Å². The smallest absolute Gasteiger partial charge is 0.264 e. The molecule has 0 bridgehead atoms. The van der Waals surface area contributed by atoms with Crippen LogP contribution in [-0.2, 0) is 9.63 Å². The first-order chi connectivity index (χ1) is 9.52. The Morgan fingerprint density at radius 3 is 2.85 bits per heavy atom. The molecular weight excluding hydrogens is 260 g/mol. The largest absolute Gasteiger partial charge is 0.393 e. The zero-order valence-corrected chi connectivity index (χ0v) is 11.2. The van der Waals surface area contributed by atoms with Crippen LogP contribution in [0.5, 0.6) is 0 Å². The Kier molecular flexibility index (Phi) is 4.36. The van der Waals surface area contributed by atoms with E-state index < -0.39 is 18.3 Å². The number of nitrogens with one attached hydrogen (secondary N) is 1. The molecule has 1 aromatic rings. The maximum atomic E-state index is 11.9. The Bertz CT molecular complexity index is 499. The van der Waals surface area contributed by atoms with E-state index in [0.29, 0.717) is 6.42 Å². The molecule has 2 atom stereocenters. The van der Waals surface area contributed by atoms with Crippen molar-refractivity contribution in [2.75, 3.05) is 13.2 Å². The molecule has 6 heteroatoms. The van der Waals surface area contributed by atoms with Crippen molar-refractivity contribution in [2.45, 2.75) is 25.0 Å². The van der Waals surface area contributed by atoms with Gasteiger partial charge >= 0.3 is 0 Å². The van der Waals surface area contributed by atoms with E-state index in [1.807, 2.05) is 30.3 Å². The highest BCUT2D eigenvalue weighted by molar-refractivity contribution is 6.04. The Labute approximate surface area is 117 Å². The number of carbonyl (C=O) groups excluding carboxylic acids is 1. The minimum Gasteiger partial charge on any atom is -0.393 e. The Morgan fingerprint density at radius 1 is 1.50 bits per heavy atom. The Balaban J connectivity index is 1.87. The maximum absolute atomic E-state index is 11.9. The number of rotatable bonds is 5. The van der Waals surface area contributed by atoms with Gasteiger partial charge in [0.15, 0.2) is 0 Å². The van der Waals surface area contributed by atoms with Gasteiger partial charge in [-0.05, 0) is 12.5 Å². The van der Waals surface area contributed by atoms with E-state index in [2.05, 4.69) is 10.5 Å². The van der Waals surface area contributed by atoms with Crippen molar-refractivity contribution in [1.29, 1.82) is 0 Å². The number of oxime groups is 1. The molecule has 6 nitrogen and oxygen atoms in total. The predicted octanol–water partition coefficient (Wildman–Crippen LogP) is 0.0391. The molecule has 1 amide bonds. The molecular formula is C14H18N2O4. The van der Waals surface area contributed by atoms with Crippen LogP contribution in [0.2, 0.25) is 0 Å². The average Bonchev–Trinajstić information content (AvgIpc) is 2.96. The molecule has 1 heterocycles. The lowest BCUT2D eigenvalue weighted by Crippen LogP contribution is -2.46. The lowest BCUT2D eigenvalue weighted by molar-refractivity contribution is -0.132. The summed E-state index contributed by atoms with van der Waals surface area (Å²) in [7, 11) is 0. The molecule has 0 radical (unpaired) electrons. The fraction of sp³-hybridized carbons (Fsp3) is 0.429. The summed E-state index contributed by atoms with van der Waals surface area (Å²) in [4.78, 5) is 17.0. The second-order valence-electron chi connectivity index (χ2n) is 5.08. The van der Waals surface area contributed by atoms with Gasteiger partial charge in [-0.15, -0.1) is 0 Å². The van der Waals surface area contributed by atoms with Crippen molar-refractivity contribution < 1.29 is 19.8 Å². The van der Waals surface area contributed by atoms with E-state index in [-0.39, 0.29) is 12.5 Å². The van der Waals surface area contributed by atoms with Crippen LogP contribution in [0.25, 0.3) is 0 Å². The molecule has 1 aliphatic rings. The van der Waals surface area contributed by atoms with E-state index in [4.69, 9.17) is 9.94 Å². The summed E-state index contributed by atoms with van der Waals surface area (Å²) in [6.45, 7) is 0.974. The van der Waals surface area contributed by atoms with Crippen molar-refractivity contribution in [3.8, 4) is 0 Å². The molecule has 0 saturated heterocycles. The van der Waals surface area contributed by atoms with Crippen molar-refractivity contribution >= 4 is 11.6 Å². The predicted molar refractivity (Wildman–Crippen MR) is 73.2 cm³/mol. The van der Waals surface area contributed by atoms with E-state index in [9.17, 15) is 9.90 Å². The second-order valence-corrected chi connectivity index (χ2v) is 5.08. The normalized spacial score (nSPS) is 20.8. The van der Waals surface area contributed by atoms with Crippen molar-refractivity contribution in [3.05, 3.63) is 35.9 Å². The van der Waals surface area contributed by atoms with Gasteiger partial charge in [0.2, 0.25) is 6.10 Å². The summed E-state index contributed by atoms with van der Waals surface area (Å²) >= 11 is 0. The topological polar surface area (TPSA) is 91.2 Å². The van der Waals surface area contributed by atoms with Crippen LogP contribution in [0.3, 0.4) is 0 Å². The first-order valence-corrected chi connectivity index (χ1v) is 6.41. The molecule has 0 fully saturated rings. The first kappa shape index (κ1) is 14.5. The third-order valence-corrected chi connectivity index (χ3v) is 3.05. The van der Waals surface area contributed by atoms with Gasteiger partial charge in [-0.3, -0.25) is 4.79 Å². The summed E-state index contributed by atoms with van der Waals surface area (Å²) in [6.07, 6.45) is -0.309. The van der Waals surface area contributed by atoms with Crippen molar-refractivity contribution in [3.63, 3.8) is 0 Å². The second kappa shape index (κ2) is 6.02. The number of nitrogens with zero attached hydrogens (tertiary/aromatic N) is 1. The van der Waals surface area contributed by atoms with Gasteiger partial charge in [0.25, 0.3) is 5.91 Å². The molecule has 0 saturated carbocycles. The van der Waals surface area contributed by atoms with E-state index >= 15 is 0 Å². The molecule has 0 aromatic heterocycles. The fourth-order valence-electron chi connectivity index (χ4n) is 1.77. The van der Waals surface area contributed by atoms with Crippen LogP contribution >= 0.6 is 0 Å². The van der Waals surface area contributed by atoms with Gasteiger partial charge in [0, 0.05) is 13.0 Å². The van der Waals surface area contributed by atoms with Crippen molar-refractivity contribution in [2.24, 2.45) is 5.16 Å². The number of aliphatic hydroxyl groups is 2. The third kappa shape index (κ3) is 3.55. The molecule has 0 spiro atoms. The summed E-state index contributed by atoms with van der Waals surface area (Å²) in [5, 5.41) is 25.0. The highest BCUT2D eigenvalue weighted by atomic mass is 16.6. The number of aliphatic hydroxyl groups excluding tert-OH is 1. The molecule has 0 aliphatic carbocycles. The maximum Gasteiger partial charge on any atom is 0.264 e. The van der Waals surface area contributed by atoms with Crippen LogP contribution in [0.4, 0.5) is 0 Å². The molecule has 2 unspecified atom stereocenters. The standard InChI is InChI=1S/C14H18N2O4/c1-14(19,9-17)8-15-13(18)12-7-11(16-20-12)10-5-3-2-4-6-10/h2-6,12,17,19H,7-9H2,1H3,(H,15,18). The fourth-order valence-corrected chi connectivity index (χ4v) is 1.77. The summed E-state index contributed by atoms with van der Waals surface area (Å²) in [6, 6.07) is 9.49. The SMILES string of the molecule is CC(O)(CO)CNC(=O)C1CC(c2ccccc2)=NO1. The average molecular weight is 278 g/mol. The summed E-state index contributed by atoms with van der Waals surface area (Å²) in [5.74, 6) is -0.353. The monoisotopic (exact) mass is 278 g/mol. The molecule has 108 valence electrons. The van der Waals surface area contributed by atoms with E-state index in [1.54, 1.807) is 0 Å². The van der Waals surface area contributed by atoms with Gasteiger partial charge < -0.3 is 20.4 Å². The zero-order chi connectivity index (χ0) is 14.6. The molecule has 20 heavy (non-hydrogen) atoms. The molecule has 1 aliphatic heterocycles. The molecule has 1 aromatic carbocycles. The van der Waals surface area contributed by atoms with Crippen LogP contribution < -0.4 is 5.32 Å².